The molecule has 7 nitrogen and oxygen atoms in total. The first kappa shape index (κ1) is 22.2. The molecular formula is C21H25N3O4S. The number of carbonyl (C=O) groups excluding carboxylic acids is 2. The van der Waals surface area contributed by atoms with Crippen molar-refractivity contribution in [2.45, 2.75) is 33.8 Å². The monoisotopic (exact) mass is 415 g/mol. The second-order valence-corrected chi connectivity index (χ2v) is 7.07. The van der Waals surface area contributed by atoms with Crippen molar-refractivity contribution in [2.75, 3.05) is 6.61 Å². The number of ether oxygens (including phenoxy) is 2. The van der Waals surface area contributed by atoms with Crippen LogP contribution >= 0.6 is 12.2 Å². The molecule has 2 rings (SSSR count). The molecule has 0 saturated heterocycles. The zero-order valence-electron chi connectivity index (χ0n) is 16.9. The summed E-state index contributed by atoms with van der Waals surface area (Å²) >= 11 is 5.03. The number of hydrogen-bond donors (Lipinski definition) is 3. The Balaban J connectivity index is 1.77. The van der Waals surface area contributed by atoms with E-state index in [-0.39, 0.29) is 17.8 Å². The number of para-hydroxylation sites is 1. The Morgan fingerprint density at radius 3 is 2.21 bits per heavy atom. The van der Waals surface area contributed by atoms with Crippen LogP contribution in [0.4, 0.5) is 0 Å². The molecule has 0 aliphatic heterocycles. The lowest BCUT2D eigenvalue weighted by Crippen LogP contribution is -2.49. The SMILES string of the molecule is Cc1cccc(C)c1OCC(=O)NNC(=S)NC(=O)c1ccc(OC(C)C)cc1. The van der Waals surface area contributed by atoms with Crippen LogP contribution in [0.3, 0.4) is 0 Å². The molecule has 2 aromatic rings. The third-order valence-electron chi connectivity index (χ3n) is 3.79. The summed E-state index contributed by atoms with van der Waals surface area (Å²) in [4.78, 5) is 24.1. The number of aryl methyl sites for hydroxylation is 2. The highest BCUT2D eigenvalue weighted by Crippen LogP contribution is 2.21. The number of nitrogens with one attached hydrogen (secondary N) is 3. The molecule has 0 heterocycles. The standard InChI is InChI=1S/C21H25N3O4S/c1-13(2)28-17-10-8-16(9-11-17)20(26)22-21(29)24-23-18(25)12-27-19-14(3)6-5-7-15(19)4/h5-11,13H,12H2,1-4H3,(H,23,25)(H2,22,24,26,29). The van der Waals surface area contributed by atoms with E-state index in [0.29, 0.717) is 17.1 Å². The number of amides is 2. The Labute approximate surface area is 175 Å². The molecule has 2 amide bonds. The minimum Gasteiger partial charge on any atom is -0.491 e. The normalized spacial score (nSPS) is 10.2. The van der Waals surface area contributed by atoms with E-state index in [0.717, 1.165) is 11.1 Å². The van der Waals surface area contributed by atoms with Gasteiger partial charge in [0.25, 0.3) is 11.8 Å². The smallest absolute Gasteiger partial charge is 0.276 e. The maximum atomic E-state index is 12.2. The van der Waals surface area contributed by atoms with Crippen LogP contribution < -0.4 is 25.6 Å². The fourth-order valence-corrected chi connectivity index (χ4v) is 2.63. The van der Waals surface area contributed by atoms with Crippen LogP contribution in [-0.2, 0) is 4.79 Å². The fraction of sp³-hybridized carbons (Fsp3) is 0.286. The van der Waals surface area contributed by atoms with E-state index in [9.17, 15) is 9.59 Å². The van der Waals surface area contributed by atoms with Gasteiger partial charge in [-0.15, -0.1) is 0 Å². The molecule has 0 bridgehead atoms. The van der Waals surface area contributed by atoms with E-state index in [4.69, 9.17) is 21.7 Å². The van der Waals surface area contributed by atoms with E-state index in [1.807, 2.05) is 45.9 Å². The second-order valence-electron chi connectivity index (χ2n) is 6.66. The molecule has 0 aromatic heterocycles. The number of rotatable bonds is 6. The maximum absolute atomic E-state index is 12.2. The Bertz CT molecular complexity index is 862. The highest BCUT2D eigenvalue weighted by molar-refractivity contribution is 7.80. The highest BCUT2D eigenvalue weighted by atomic mass is 32.1. The van der Waals surface area contributed by atoms with Crippen LogP contribution in [0.25, 0.3) is 0 Å². The van der Waals surface area contributed by atoms with Gasteiger partial charge in [0, 0.05) is 5.56 Å². The predicted molar refractivity (Wildman–Crippen MR) is 115 cm³/mol. The quantitative estimate of drug-likeness (QED) is 0.497. The molecule has 0 saturated carbocycles. The van der Waals surface area contributed by atoms with Crippen molar-refractivity contribution in [3.05, 3.63) is 59.2 Å². The molecule has 0 spiro atoms. The number of carbonyl (C=O) groups is 2. The molecule has 3 N–H and O–H groups in total. The lowest BCUT2D eigenvalue weighted by atomic mass is 10.1. The number of thiocarbonyl (C=S) groups is 1. The summed E-state index contributed by atoms with van der Waals surface area (Å²) < 4.78 is 11.1. The Morgan fingerprint density at radius 2 is 1.62 bits per heavy atom. The third-order valence-corrected chi connectivity index (χ3v) is 3.99. The van der Waals surface area contributed by atoms with Crippen LogP contribution in [0.2, 0.25) is 0 Å². The molecule has 0 aliphatic rings. The van der Waals surface area contributed by atoms with Gasteiger partial charge in [-0.05, 0) is 75.3 Å². The first-order valence-corrected chi connectivity index (χ1v) is 9.53. The molecule has 8 heteroatoms. The van der Waals surface area contributed by atoms with Gasteiger partial charge < -0.3 is 9.47 Å². The fourth-order valence-electron chi connectivity index (χ4n) is 2.49. The summed E-state index contributed by atoms with van der Waals surface area (Å²) in [6.45, 7) is 7.47. The summed E-state index contributed by atoms with van der Waals surface area (Å²) in [5, 5.41) is 2.46. The minimum absolute atomic E-state index is 0.0297. The molecule has 0 aliphatic carbocycles. The van der Waals surface area contributed by atoms with E-state index in [1.54, 1.807) is 24.3 Å². The second kappa shape index (κ2) is 10.4. The number of hydrogen-bond acceptors (Lipinski definition) is 5. The largest absolute Gasteiger partial charge is 0.491 e. The van der Waals surface area contributed by atoms with Gasteiger partial charge in [-0.2, -0.15) is 0 Å². The molecule has 2 aromatic carbocycles. The topological polar surface area (TPSA) is 88.7 Å². The average Bonchev–Trinajstić information content (AvgIpc) is 2.66. The molecule has 29 heavy (non-hydrogen) atoms. The summed E-state index contributed by atoms with van der Waals surface area (Å²) in [5.41, 5.74) is 7.17. The Kier molecular flexibility index (Phi) is 7.97. The molecular weight excluding hydrogens is 390 g/mol. The van der Waals surface area contributed by atoms with Crippen molar-refractivity contribution < 1.29 is 19.1 Å². The summed E-state index contributed by atoms with van der Waals surface area (Å²) in [7, 11) is 0. The van der Waals surface area contributed by atoms with E-state index >= 15 is 0 Å². The van der Waals surface area contributed by atoms with Gasteiger partial charge in [0.2, 0.25) is 0 Å². The zero-order chi connectivity index (χ0) is 21.4. The summed E-state index contributed by atoms with van der Waals surface area (Å²) in [5.74, 6) is 0.510. The van der Waals surface area contributed by atoms with Crippen LogP contribution in [-0.4, -0.2) is 29.6 Å². The lowest BCUT2D eigenvalue weighted by Gasteiger charge is -2.14. The molecule has 0 atom stereocenters. The van der Waals surface area contributed by atoms with Crippen molar-refractivity contribution in [1.29, 1.82) is 0 Å². The van der Waals surface area contributed by atoms with E-state index < -0.39 is 11.8 Å². The molecule has 154 valence electrons. The van der Waals surface area contributed by atoms with Gasteiger partial charge in [0.05, 0.1) is 6.10 Å². The van der Waals surface area contributed by atoms with E-state index in [2.05, 4.69) is 16.2 Å². The Hall–Kier alpha value is -3.13. The predicted octanol–water partition coefficient (Wildman–Crippen LogP) is 2.81. The summed E-state index contributed by atoms with van der Waals surface area (Å²) in [6.07, 6.45) is 0.0498. The van der Waals surface area contributed by atoms with Crippen LogP contribution in [0.15, 0.2) is 42.5 Å². The third kappa shape index (κ3) is 7.08. The van der Waals surface area contributed by atoms with Crippen molar-refractivity contribution >= 4 is 29.1 Å². The van der Waals surface area contributed by atoms with E-state index in [1.165, 1.54) is 0 Å². The highest BCUT2D eigenvalue weighted by Gasteiger charge is 2.10. The van der Waals surface area contributed by atoms with Crippen LogP contribution in [0.5, 0.6) is 11.5 Å². The van der Waals surface area contributed by atoms with Crippen molar-refractivity contribution in [3.8, 4) is 11.5 Å². The lowest BCUT2D eigenvalue weighted by molar-refractivity contribution is -0.123. The molecule has 0 fully saturated rings. The van der Waals surface area contributed by atoms with Gasteiger partial charge in [0.15, 0.2) is 11.7 Å². The van der Waals surface area contributed by atoms with Crippen molar-refractivity contribution in [1.82, 2.24) is 16.2 Å². The first-order chi connectivity index (χ1) is 13.8. The van der Waals surface area contributed by atoms with Crippen molar-refractivity contribution in [2.24, 2.45) is 0 Å². The van der Waals surface area contributed by atoms with Gasteiger partial charge in [0.1, 0.15) is 11.5 Å². The molecule has 0 unspecified atom stereocenters. The average molecular weight is 416 g/mol. The van der Waals surface area contributed by atoms with Crippen LogP contribution in [0, 0.1) is 13.8 Å². The van der Waals surface area contributed by atoms with Gasteiger partial charge in [-0.1, -0.05) is 18.2 Å². The van der Waals surface area contributed by atoms with Gasteiger partial charge in [-0.3, -0.25) is 25.8 Å². The van der Waals surface area contributed by atoms with Gasteiger partial charge >= 0.3 is 0 Å². The van der Waals surface area contributed by atoms with Gasteiger partial charge in [-0.25, -0.2) is 0 Å². The minimum atomic E-state index is -0.431. The Morgan fingerprint density at radius 1 is 1.00 bits per heavy atom. The van der Waals surface area contributed by atoms with Crippen molar-refractivity contribution in [3.63, 3.8) is 0 Å². The maximum Gasteiger partial charge on any atom is 0.276 e. The zero-order valence-corrected chi connectivity index (χ0v) is 17.7. The number of benzene rings is 2. The van der Waals surface area contributed by atoms with Crippen LogP contribution in [0.1, 0.15) is 35.3 Å². The molecule has 0 radical (unpaired) electrons. The number of hydrazine groups is 1. The first-order valence-electron chi connectivity index (χ1n) is 9.12. The summed E-state index contributed by atoms with van der Waals surface area (Å²) in [6, 6.07) is 12.4.